The number of nitrogens with zero attached hydrogens (tertiary/aromatic N) is 5. The zero-order valence-electron chi connectivity index (χ0n) is 16.6. The number of amides is 1. The second kappa shape index (κ2) is 9.02. The summed E-state index contributed by atoms with van der Waals surface area (Å²) in [5, 5.41) is 2.84. The normalized spacial score (nSPS) is 10.3. The number of hydrogen-bond donors (Lipinski definition) is 1. The fourth-order valence-electron chi connectivity index (χ4n) is 2.29. The maximum absolute atomic E-state index is 12.3. The predicted octanol–water partition coefficient (Wildman–Crippen LogP) is 0.880. The summed E-state index contributed by atoms with van der Waals surface area (Å²) in [4.78, 5) is 29.0. The van der Waals surface area contributed by atoms with Crippen LogP contribution in [0.25, 0.3) is 0 Å². The minimum atomic E-state index is -0.138. The van der Waals surface area contributed by atoms with Crippen molar-refractivity contribution >= 4 is 17.8 Å². The highest BCUT2D eigenvalue weighted by molar-refractivity contribution is 5.78. The topological polar surface area (TPSA) is 92.7 Å². The summed E-state index contributed by atoms with van der Waals surface area (Å²) in [6.07, 6.45) is 0.215. The van der Waals surface area contributed by atoms with E-state index < -0.39 is 0 Å². The highest BCUT2D eigenvalue weighted by Crippen LogP contribution is 2.27. The molecule has 1 heterocycles. The third-order valence-corrected chi connectivity index (χ3v) is 3.71. The molecule has 1 aromatic heterocycles. The fourth-order valence-corrected chi connectivity index (χ4v) is 2.29. The third-order valence-electron chi connectivity index (χ3n) is 3.71. The molecule has 146 valence electrons. The smallest absolute Gasteiger partial charge is 0.229 e. The van der Waals surface area contributed by atoms with Crippen LogP contribution in [0.4, 0.5) is 11.9 Å². The zero-order valence-corrected chi connectivity index (χ0v) is 16.6. The second-order valence-electron chi connectivity index (χ2n) is 6.28. The van der Waals surface area contributed by atoms with E-state index in [1.807, 2.05) is 34.3 Å². The van der Waals surface area contributed by atoms with E-state index in [9.17, 15) is 4.79 Å². The molecule has 2 aromatic rings. The Hall–Kier alpha value is -3.10. The monoisotopic (exact) mass is 374 g/mol. The lowest BCUT2D eigenvalue weighted by molar-refractivity contribution is -0.120. The van der Waals surface area contributed by atoms with Gasteiger partial charge >= 0.3 is 0 Å². The van der Waals surface area contributed by atoms with Gasteiger partial charge in [0.2, 0.25) is 17.8 Å². The van der Waals surface area contributed by atoms with E-state index in [1.54, 1.807) is 36.2 Å². The summed E-state index contributed by atoms with van der Waals surface area (Å²) in [6, 6.07) is 5.40. The van der Waals surface area contributed by atoms with Crippen molar-refractivity contribution in [1.82, 2.24) is 20.3 Å². The van der Waals surface area contributed by atoms with Crippen molar-refractivity contribution in [1.29, 1.82) is 0 Å². The molecule has 2 rings (SSSR count). The van der Waals surface area contributed by atoms with E-state index in [0.717, 1.165) is 5.56 Å². The molecule has 0 aliphatic carbocycles. The first kappa shape index (κ1) is 20.2. The molecule has 0 saturated carbocycles. The molecule has 0 saturated heterocycles. The van der Waals surface area contributed by atoms with Crippen molar-refractivity contribution in [2.45, 2.75) is 13.0 Å². The van der Waals surface area contributed by atoms with Gasteiger partial charge in [-0.1, -0.05) is 6.07 Å². The van der Waals surface area contributed by atoms with Crippen LogP contribution in [-0.2, 0) is 17.8 Å². The number of benzene rings is 1. The summed E-state index contributed by atoms with van der Waals surface area (Å²) < 4.78 is 10.5. The SMILES string of the molecule is COc1ccc(CC(=O)NCc2nc(N(C)C)nc(N(C)C)n2)cc1OC. The van der Waals surface area contributed by atoms with Crippen LogP contribution in [0.5, 0.6) is 11.5 Å². The lowest BCUT2D eigenvalue weighted by Crippen LogP contribution is -2.27. The summed E-state index contributed by atoms with van der Waals surface area (Å²) in [5.74, 6) is 2.65. The minimum Gasteiger partial charge on any atom is -0.493 e. The first-order chi connectivity index (χ1) is 12.8. The van der Waals surface area contributed by atoms with Crippen LogP contribution in [0.3, 0.4) is 0 Å². The number of ether oxygens (including phenoxy) is 2. The van der Waals surface area contributed by atoms with E-state index >= 15 is 0 Å². The minimum absolute atomic E-state index is 0.138. The Morgan fingerprint density at radius 3 is 2.07 bits per heavy atom. The first-order valence-corrected chi connectivity index (χ1v) is 8.41. The molecule has 0 atom stereocenters. The van der Waals surface area contributed by atoms with Crippen LogP contribution in [0.1, 0.15) is 11.4 Å². The van der Waals surface area contributed by atoms with Gasteiger partial charge < -0.3 is 24.6 Å². The summed E-state index contributed by atoms with van der Waals surface area (Å²) in [7, 11) is 10.6. The molecule has 27 heavy (non-hydrogen) atoms. The van der Waals surface area contributed by atoms with Crippen molar-refractivity contribution in [3.63, 3.8) is 0 Å². The van der Waals surface area contributed by atoms with Gasteiger partial charge in [0.05, 0.1) is 27.2 Å². The number of carbonyl (C=O) groups is 1. The number of hydrogen-bond acceptors (Lipinski definition) is 8. The summed E-state index contributed by atoms with van der Waals surface area (Å²) in [6.45, 7) is 0.219. The molecule has 0 fully saturated rings. The summed E-state index contributed by atoms with van der Waals surface area (Å²) in [5.41, 5.74) is 0.823. The molecular formula is C18H26N6O3. The lowest BCUT2D eigenvalue weighted by Gasteiger charge is -2.16. The van der Waals surface area contributed by atoms with Gasteiger partial charge in [-0.2, -0.15) is 15.0 Å². The number of anilines is 2. The highest BCUT2D eigenvalue weighted by Gasteiger charge is 2.12. The van der Waals surface area contributed by atoms with Gasteiger partial charge in [-0.3, -0.25) is 4.79 Å². The average molecular weight is 374 g/mol. The third kappa shape index (κ3) is 5.44. The Bertz CT molecular complexity index is 768. The Labute approximate surface area is 159 Å². The molecule has 0 bridgehead atoms. The molecule has 1 aromatic carbocycles. The van der Waals surface area contributed by atoms with E-state index in [1.165, 1.54) is 0 Å². The molecule has 0 unspecified atom stereocenters. The van der Waals surface area contributed by atoms with Crippen LogP contribution >= 0.6 is 0 Å². The number of aromatic nitrogens is 3. The first-order valence-electron chi connectivity index (χ1n) is 8.41. The molecule has 9 nitrogen and oxygen atoms in total. The van der Waals surface area contributed by atoms with Gasteiger partial charge in [0.25, 0.3) is 0 Å². The standard InChI is InChI=1S/C18H26N6O3/c1-23(2)17-20-15(21-18(22-17)24(3)4)11-19-16(25)10-12-7-8-13(26-5)14(9-12)27-6/h7-9H,10-11H2,1-6H3,(H,19,25). The van der Waals surface area contributed by atoms with E-state index in [2.05, 4.69) is 20.3 Å². The Balaban J connectivity index is 2.05. The van der Waals surface area contributed by atoms with Crippen molar-refractivity contribution in [2.75, 3.05) is 52.2 Å². The quantitative estimate of drug-likeness (QED) is 0.728. The fraction of sp³-hybridized carbons (Fsp3) is 0.444. The van der Waals surface area contributed by atoms with Crippen molar-refractivity contribution in [3.05, 3.63) is 29.6 Å². The Kier molecular flexibility index (Phi) is 6.75. The molecule has 0 aliphatic rings. The molecule has 1 N–H and O–H groups in total. The van der Waals surface area contributed by atoms with Gasteiger partial charge in [-0.15, -0.1) is 0 Å². The number of methoxy groups -OCH3 is 2. The van der Waals surface area contributed by atoms with Gasteiger partial charge in [0, 0.05) is 28.2 Å². The van der Waals surface area contributed by atoms with E-state index in [-0.39, 0.29) is 18.9 Å². The van der Waals surface area contributed by atoms with Crippen LogP contribution in [0.2, 0.25) is 0 Å². The molecule has 9 heteroatoms. The number of nitrogens with one attached hydrogen (secondary N) is 1. The van der Waals surface area contributed by atoms with Gasteiger partial charge in [-0.25, -0.2) is 0 Å². The van der Waals surface area contributed by atoms with Crippen LogP contribution in [-0.4, -0.2) is 63.3 Å². The second-order valence-corrected chi connectivity index (χ2v) is 6.28. The molecule has 0 aliphatic heterocycles. The van der Waals surface area contributed by atoms with Gasteiger partial charge in [0.1, 0.15) is 0 Å². The van der Waals surface area contributed by atoms with Gasteiger partial charge in [0.15, 0.2) is 17.3 Å². The Morgan fingerprint density at radius 2 is 1.56 bits per heavy atom. The van der Waals surface area contributed by atoms with Crippen LogP contribution in [0.15, 0.2) is 18.2 Å². The summed E-state index contributed by atoms with van der Waals surface area (Å²) >= 11 is 0. The zero-order chi connectivity index (χ0) is 20.0. The predicted molar refractivity (Wildman–Crippen MR) is 104 cm³/mol. The molecular weight excluding hydrogens is 348 g/mol. The Morgan fingerprint density at radius 1 is 0.963 bits per heavy atom. The van der Waals surface area contributed by atoms with Crippen LogP contribution in [0, 0.1) is 0 Å². The number of rotatable bonds is 8. The van der Waals surface area contributed by atoms with Crippen molar-refractivity contribution in [3.8, 4) is 11.5 Å². The van der Waals surface area contributed by atoms with Crippen molar-refractivity contribution in [2.24, 2.45) is 0 Å². The molecule has 0 radical (unpaired) electrons. The largest absolute Gasteiger partial charge is 0.493 e. The van der Waals surface area contributed by atoms with Crippen LogP contribution < -0.4 is 24.6 Å². The lowest BCUT2D eigenvalue weighted by atomic mass is 10.1. The molecule has 1 amide bonds. The maximum Gasteiger partial charge on any atom is 0.229 e. The van der Waals surface area contributed by atoms with E-state index in [4.69, 9.17) is 9.47 Å². The van der Waals surface area contributed by atoms with Crippen molar-refractivity contribution < 1.29 is 14.3 Å². The highest BCUT2D eigenvalue weighted by atomic mass is 16.5. The average Bonchev–Trinajstić information content (AvgIpc) is 2.65. The number of carbonyl (C=O) groups excluding carboxylic acids is 1. The maximum atomic E-state index is 12.3. The van der Waals surface area contributed by atoms with E-state index in [0.29, 0.717) is 29.2 Å². The van der Waals surface area contributed by atoms with Gasteiger partial charge in [-0.05, 0) is 17.7 Å². The molecule has 0 spiro atoms.